The Morgan fingerprint density at radius 2 is 1.96 bits per heavy atom. The Labute approximate surface area is 148 Å². The number of hydrogen-bond acceptors (Lipinski definition) is 2. The molecule has 0 unspecified atom stereocenters. The minimum Gasteiger partial charge on any atom is -0.350 e. The standard InChI is InChI=1S/C21H25N3O/c1-4-20-23-18-14-17(12-13-19(18)24(20)3)21(25)22-15(2)10-11-16-8-6-5-7-9-16/h5-9,12-15H,4,10-11H2,1-3H3,(H,22,25)/t15-/m1/s1. The molecule has 0 aliphatic carbocycles. The Bertz CT molecular complexity index is 867. The van der Waals surface area contributed by atoms with E-state index in [2.05, 4.69) is 40.8 Å². The van der Waals surface area contributed by atoms with Crippen LogP contribution >= 0.6 is 0 Å². The van der Waals surface area contributed by atoms with Gasteiger partial charge in [-0.3, -0.25) is 4.79 Å². The van der Waals surface area contributed by atoms with E-state index in [1.54, 1.807) is 0 Å². The molecule has 1 aromatic heterocycles. The van der Waals surface area contributed by atoms with Gasteiger partial charge in [-0.25, -0.2) is 4.98 Å². The van der Waals surface area contributed by atoms with Crippen LogP contribution < -0.4 is 5.32 Å². The normalized spacial score (nSPS) is 12.3. The van der Waals surface area contributed by atoms with Crippen molar-refractivity contribution in [2.24, 2.45) is 7.05 Å². The highest BCUT2D eigenvalue weighted by molar-refractivity contribution is 5.97. The number of hydrogen-bond donors (Lipinski definition) is 1. The number of fused-ring (bicyclic) bond motifs is 1. The summed E-state index contributed by atoms with van der Waals surface area (Å²) in [5, 5.41) is 3.09. The molecular weight excluding hydrogens is 310 g/mol. The third-order valence-electron chi connectivity index (χ3n) is 4.64. The summed E-state index contributed by atoms with van der Waals surface area (Å²) in [4.78, 5) is 17.1. The van der Waals surface area contributed by atoms with E-state index in [-0.39, 0.29) is 11.9 Å². The van der Waals surface area contributed by atoms with Crippen LogP contribution in [-0.2, 0) is 19.9 Å². The summed E-state index contributed by atoms with van der Waals surface area (Å²) in [7, 11) is 2.01. The first-order chi connectivity index (χ1) is 12.1. The van der Waals surface area contributed by atoms with E-state index in [0.29, 0.717) is 5.56 Å². The number of nitrogens with one attached hydrogen (secondary N) is 1. The number of amides is 1. The largest absolute Gasteiger partial charge is 0.350 e. The van der Waals surface area contributed by atoms with E-state index < -0.39 is 0 Å². The van der Waals surface area contributed by atoms with Crippen LogP contribution in [0.3, 0.4) is 0 Å². The summed E-state index contributed by atoms with van der Waals surface area (Å²) < 4.78 is 2.08. The summed E-state index contributed by atoms with van der Waals surface area (Å²) in [6.45, 7) is 4.14. The predicted molar refractivity (Wildman–Crippen MR) is 102 cm³/mol. The number of imidazole rings is 1. The van der Waals surface area contributed by atoms with Gasteiger partial charge >= 0.3 is 0 Å². The molecule has 0 aliphatic rings. The van der Waals surface area contributed by atoms with Crippen LogP contribution in [0.25, 0.3) is 11.0 Å². The lowest BCUT2D eigenvalue weighted by atomic mass is 10.1. The van der Waals surface area contributed by atoms with Gasteiger partial charge in [0.05, 0.1) is 11.0 Å². The number of carbonyl (C=O) groups is 1. The molecule has 3 aromatic rings. The van der Waals surface area contributed by atoms with Gasteiger partial charge in [-0.15, -0.1) is 0 Å². The van der Waals surface area contributed by atoms with E-state index in [1.807, 2.05) is 43.4 Å². The highest BCUT2D eigenvalue weighted by Gasteiger charge is 2.13. The number of aromatic nitrogens is 2. The molecule has 0 aliphatic heterocycles. The van der Waals surface area contributed by atoms with E-state index in [0.717, 1.165) is 36.1 Å². The lowest BCUT2D eigenvalue weighted by molar-refractivity contribution is 0.0938. The van der Waals surface area contributed by atoms with E-state index in [9.17, 15) is 4.79 Å². The quantitative estimate of drug-likeness (QED) is 0.743. The van der Waals surface area contributed by atoms with Crippen molar-refractivity contribution in [3.63, 3.8) is 0 Å². The maximum absolute atomic E-state index is 12.5. The molecule has 0 radical (unpaired) electrons. The third kappa shape index (κ3) is 3.90. The van der Waals surface area contributed by atoms with Crippen molar-refractivity contribution in [2.45, 2.75) is 39.2 Å². The lowest BCUT2D eigenvalue weighted by Crippen LogP contribution is -2.32. The van der Waals surface area contributed by atoms with Crippen LogP contribution in [0.2, 0.25) is 0 Å². The van der Waals surface area contributed by atoms with Gasteiger partial charge in [-0.2, -0.15) is 0 Å². The molecule has 1 heterocycles. The molecule has 0 spiro atoms. The second kappa shape index (κ2) is 7.51. The van der Waals surface area contributed by atoms with Gasteiger partial charge in [-0.1, -0.05) is 37.3 Å². The van der Waals surface area contributed by atoms with Crippen LogP contribution in [0.4, 0.5) is 0 Å². The fourth-order valence-corrected chi connectivity index (χ4v) is 3.11. The highest BCUT2D eigenvalue weighted by atomic mass is 16.1. The van der Waals surface area contributed by atoms with Crippen LogP contribution in [0, 0.1) is 0 Å². The van der Waals surface area contributed by atoms with E-state index in [4.69, 9.17) is 0 Å². The number of rotatable bonds is 6. The minimum absolute atomic E-state index is 0.0360. The third-order valence-corrected chi connectivity index (χ3v) is 4.64. The second-order valence-corrected chi connectivity index (χ2v) is 6.54. The molecule has 0 saturated carbocycles. The van der Waals surface area contributed by atoms with Gasteiger partial charge < -0.3 is 9.88 Å². The van der Waals surface area contributed by atoms with E-state index in [1.165, 1.54) is 5.56 Å². The Hall–Kier alpha value is -2.62. The molecule has 130 valence electrons. The number of carbonyl (C=O) groups excluding carboxylic acids is 1. The predicted octanol–water partition coefficient (Wildman–Crippen LogP) is 3.89. The van der Waals surface area contributed by atoms with Crippen molar-refractivity contribution in [2.75, 3.05) is 0 Å². The van der Waals surface area contributed by atoms with Crippen molar-refractivity contribution in [1.29, 1.82) is 0 Å². The van der Waals surface area contributed by atoms with Gasteiger partial charge in [0.1, 0.15) is 5.82 Å². The summed E-state index contributed by atoms with van der Waals surface area (Å²) in [5.41, 5.74) is 3.90. The SMILES string of the molecule is CCc1nc2cc(C(=O)N[C@H](C)CCc3ccccc3)ccc2n1C. The van der Waals surface area contributed by atoms with Crippen molar-refractivity contribution in [3.05, 3.63) is 65.5 Å². The van der Waals surface area contributed by atoms with Crippen LogP contribution in [0.1, 0.15) is 42.0 Å². The average Bonchev–Trinajstić information content (AvgIpc) is 2.96. The lowest BCUT2D eigenvalue weighted by Gasteiger charge is -2.14. The molecule has 4 nitrogen and oxygen atoms in total. The summed E-state index contributed by atoms with van der Waals surface area (Å²) in [5.74, 6) is 0.995. The summed E-state index contributed by atoms with van der Waals surface area (Å²) in [6.07, 6.45) is 2.76. The van der Waals surface area contributed by atoms with Gasteiger partial charge in [0.15, 0.2) is 0 Å². The van der Waals surface area contributed by atoms with Crippen molar-refractivity contribution < 1.29 is 4.79 Å². The molecule has 1 amide bonds. The van der Waals surface area contributed by atoms with Crippen molar-refractivity contribution in [3.8, 4) is 0 Å². The molecule has 0 saturated heterocycles. The van der Waals surface area contributed by atoms with Crippen molar-refractivity contribution >= 4 is 16.9 Å². The Morgan fingerprint density at radius 3 is 2.68 bits per heavy atom. The van der Waals surface area contributed by atoms with Crippen LogP contribution in [0.5, 0.6) is 0 Å². The van der Waals surface area contributed by atoms with Gasteiger partial charge in [0.25, 0.3) is 5.91 Å². The Morgan fingerprint density at radius 1 is 1.20 bits per heavy atom. The number of nitrogens with zero attached hydrogens (tertiary/aromatic N) is 2. The topological polar surface area (TPSA) is 46.9 Å². The monoisotopic (exact) mass is 335 g/mol. The van der Waals surface area contributed by atoms with E-state index >= 15 is 0 Å². The average molecular weight is 335 g/mol. The van der Waals surface area contributed by atoms with Crippen LogP contribution in [-0.4, -0.2) is 21.5 Å². The molecule has 1 atom stereocenters. The fraction of sp³-hybridized carbons (Fsp3) is 0.333. The molecular formula is C21H25N3O. The molecule has 4 heteroatoms. The molecule has 25 heavy (non-hydrogen) atoms. The maximum atomic E-state index is 12.5. The van der Waals surface area contributed by atoms with Gasteiger partial charge in [-0.05, 0) is 43.5 Å². The smallest absolute Gasteiger partial charge is 0.251 e. The first-order valence-electron chi connectivity index (χ1n) is 8.88. The zero-order valence-corrected chi connectivity index (χ0v) is 15.1. The minimum atomic E-state index is -0.0360. The molecule has 1 N–H and O–H groups in total. The zero-order chi connectivity index (χ0) is 17.8. The fourth-order valence-electron chi connectivity index (χ4n) is 3.11. The maximum Gasteiger partial charge on any atom is 0.251 e. The summed E-state index contributed by atoms with van der Waals surface area (Å²) >= 11 is 0. The van der Waals surface area contributed by atoms with Gasteiger partial charge in [0, 0.05) is 25.1 Å². The molecule has 0 bridgehead atoms. The number of benzene rings is 2. The molecule has 3 rings (SSSR count). The van der Waals surface area contributed by atoms with Gasteiger partial charge in [0.2, 0.25) is 0 Å². The first kappa shape index (κ1) is 17.2. The Balaban J connectivity index is 1.65. The first-order valence-corrected chi connectivity index (χ1v) is 8.88. The molecule has 2 aromatic carbocycles. The molecule has 0 fully saturated rings. The summed E-state index contributed by atoms with van der Waals surface area (Å²) in [6, 6.07) is 16.2. The van der Waals surface area contributed by atoms with Crippen molar-refractivity contribution in [1.82, 2.24) is 14.9 Å². The Kier molecular flexibility index (Phi) is 5.17. The zero-order valence-electron chi connectivity index (χ0n) is 15.1. The highest BCUT2D eigenvalue weighted by Crippen LogP contribution is 2.17. The number of aryl methyl sites for hydroxylation is 3. The second-order valence-electron chi connectivity index (χ2n) is 6.54. The van der Waals surface area contributed by atoms with Crippen LogP contribution in [0.15, 0.2) is 48.5 Å².